The highest BCUT2D eigenvalue weighted by molar-refractivity contribution is 5.90. The van der Waals surface area contributed by atoms with Gasteiger partial charge in [-0.25, -0.2) is 14.8 Å². The van der Waals surface area contributed by atoms with E-state index >= 15 is 0 Å². The Morgan fingerprint density at radius 1 is 0.970 bits per heavy atom. The third kappa shape index (κ3) is 4.66. The van der Waals surface area contributed by atoms with Gasteiger partial charge in [-0.2, -0.15) is 0 Å². The first kappa shape index (κ1) is 21.0. The molecule has 0 aliphatic carbocycles. The van der Waals surface area contributed by atoms with E-state index in [-0.39, 0.29) is 5.97 Å². The average molecular weight is 437 g/mol. The second-order valence-electron chi connectivity index (χ2n) is 8.08. The van der Waals surface area contributed by atoms with Crippen molar-refractivity contribution in [2.75, 3.05) is 13.7 Å². The second kappa shape index (κ2) is 9.30. The molecular formula is C27H24N4O2. The molecule has 5 rings (SSSR count). The van der Waals surface area contributed by atoms with E-state index in [1.807, 2.05) is 72.9 Å². The molecule has 4 aromatic rings. The van der Waals surface area contributed by atoms with Crippen molar-refractivity contribution >= 4 is 5.97 Å². The van der Waals surface area contributed by atoms with Crippen LogP contribution in [-0.4, -0.2) is 39.5 Å². The van der Waals surface area contributed by atoms with Gasteiger partial charge < -0.3 is 4.74 Å². The fraction of sp³-hybridized carbons (Fsp3) is 0.185. The maximum atomic E-state index is 11.9. The minimum Gasteiger partial charge on any atom is -0.465 e. The van der Waals surface area contributed by atoms with E-state index in [9.17, 15) is 4.79 Å². The molecule has 6 heteroatoms. The number of pyridine rings is 1. The van der Waals surface area contributed by atoms with Crippen molar-refractivity contribution < 1.29 is 9.53 Å². The second-order valence-corrected chi connectivity index (χ2v) is 8.08. The van der Waals surface area contributed by atoms with Gasteiger partial charge >= 0.3 is 5.97 Å². The molecule has 2 aromatic carbocycles. The van der Waals surface area contributed by atoms with Crippen LogP contribution >= 0.6 is 0 Å². The highest BCUT2D eigenvalue weighted by Crippen LogP contribution is 2.23. The van der Waals surface area contributed by atoms with Gasteiger partial charge in [-0.3, -0.25) is 9.88 Å². The molecule has 33 heavy (non-hydrogen) atoms. The molecule has 1 aliphatic rings. The number of hydrogen-bond acceptors (Lipinski definition) is 6. The Bertz CT molecular complexity index is 1290. The highest BCUT2D eigenvalue weighted by atomic mass is 16.5. The molecule has 0 N–H and O–H groups in total. The van der Waals surface area contributed by atoms with E-state index in [0.29, 0.717) is 5.56 Å². The van der Waals surface area contributed by atoms with Crippen molar-refractivity contribution in [3.05, 3.63) is 102 Å². The first-order valence-electron chi connectivity index (χ1n) is 11.0. The van der Waals surface area contributed by atoms with Crippen molar-refractivity contribution in [3.8, 4) is 22.6 Å². The molecule has 3 heterocycles. The van der Waals surface area contributed by atoms with E-state index in [1.54, 1.807) is 6.07 Å². The summed E-state index contributed by atoms with van der Waals surface area (Å²) in [7, 11) is 1.39. The number of carbonyl (C=O) groups is 1. The molecule has 1 aliphatic heterocycles. The number of methoxy groups -OCH3 is 1. The van der Waals surface area contributed by atoms with Gasteiger partial charge in [0, 0.05) is 48.9 Å². The predicted molar refractivity (Wildman–Crippen MR) is 126 cm³/mol. The van der Waals surface area contributed by atoms with Crippen molar-refractivity contribution in [3.63, 3.8) is 0 Å². The van der Waals surface area contributed by atoms with Crippen LogP contribution in [0, 0.1) is 0 Å². The largest absolute Gasteiger partial charge is 0.465 e. The van der Waals surface area contributed by atoms with Gasteiger partial charge in [0.1, 0.15) is 0 Å². The average Bonchev–Trinajstić information content (AvgIpc) is 2.88. The van der Waals surface area contributed by atoms with Crippen LogP contribution in [-0.2, 0) is 24.2 Å². The van der Waals surface area contributed by atoms with E-state index in [0.717, 1.165) is 60.1 Å². The van der Waals surface area contributed by atoms with Crippen LogP contribution in [0.3, 0.4) is 0 Å². The number of carbonyl (C=O) groups excluding carboxylic acids is 1. The van der Waals surface area contributed by atoms with E-state index in [2.05, 4.69) is 9.88 Å². The summed E-state index contributed by atoms with van der Waals surface area (Å²) < 4.78 is 4.84. The van der Waals surface area contributed by atoms with E-state index in [4.69, 9.17) is 14.7 Å². The van der Waals surface area contributed by atoms with Crippen LogP contribution in [0.15, 0.2) is 79.0 Å². The van der Waals surface area contributed by atoms with Crippen LogP contribution in [0.2, 0.25) is 0 Å². The SMILES string of the molecule is COC(=O)c1cccc(-c2cccc(CN3CCc4nc(-c5ccccc5)ncc4C3)n2)c1. The topological polar surface area (TPSA) is 68.2 Å². The fourth-order valence-corrected chi connectivity index (χ4v) is 4.12. The van der Waals surface area contributed by atoms with Gasteiger partial charge in [0.2, 0.25) is 0 Å². The lowest BCUT2D eigenvalue weighted by atomic mass is 10.1. The van der Waals surface area contributed by atoms with Crippen LogP contribution in [0.1, 0.15) is 27.3 Å². The van der Waals surface area contributed by atoms with E-state index in [1.165, 1.54) is 12.7 Å². The summed E-state index contributed by atoms with van der Waals surface area (Å²) in [5, 5.41) is 0. The van der Waals surface area contributed by atoms with Gasteiger partial charge in [0.05, 0.1) is 29.8 Å². The van der Waals surface area contributed by atoms with Crippen LogP contribution in [0.4, 0.5) is 0 Å². The maximum absolute atomic E-state index is 11.9. The van der Waals surface area contributed by atoms with Gasteiger partial charge in [0.15, 0.2) is 5.82 Å². The monoisotopic (exact) mass is 436 g/mol. The number of benzene rings is 2. The number of nitrogens with zero attached hydrogens (tertiary/aromatic N) is 4. The summed E-state index contributed by atoms with van der Waals surface area (Å²) in [6, 6.07) is 23.5. The lowest BCUT2D eigenvalue weighted by molar-refractivity contribution is 0.0601. The normalized spacial score (nSPS) is 13.4. The van der Waals surface area contributed by atoms with Crippen LogP contribution in [0.25, 0.3) is 22.6 Å². The minimum absolute atomic E-state index is 0.349. The molecule has 164 valence electrons. The first-order valence-corrected chi connectivity index (χ1v) is 11.0. The Kier molecular flexibility index (Phi) is 5.91. The Morgan fingerprint density at radius 3 is 2.64 bits per heavy atom. The standard InChI is InChI=1S/C27H24N4O2/c1-33-27(32)21-10-5-9-20(15-21)24-12-6-11-23(29-24)18-31-14-13-25-22(17-31)16-28-26(30-25)19-7-3-2-4-8-19/h2-12,15-16H,13-14,17-18H2,1H3. The lowest BCUT2D eigenvalue weighted by Crippen LogP contribution is -2.31. The molecule has 0 saturated heterocycles. The van der Waals surface area contributed by atoms with E-state index < -0.39 is 0 Å². The molecule has 0 fully saturated rings. The Labute approximate surface area is 192 Å². The molecule has 0 saturated carbocycles. The molecule has 0 amide bonds. The number of rotatable bonds is 5. The lowest BCUT2D eigenvalue weighted by Gasteiger charge is -2.27. The summed E-state index contributed by atoms with van der Waals surface area (Å²) in [6.07, 6.45) is 2.84. The smallest absolute Gasteiger partial charge is 0.337 e. The van der Waals surface area contributed by atoms with Gasteiger partial charge in [-0.05, 0) is 24.3 Å². The van der Waals surface area contributed by atoms with Crippen molar-refractivity contribution in [1.82, 2.24) is 19.9 Å². The maximum Gasteiger partial charge on any atom is 0.337 e. The summed E-state index contributed by atoms with van der Waals surface area (Å²) in [6.45, 7) is 2.46. The zero-order chi connectivity index (χ0) is 22.6. The summed E-state index contributed by atoms with van der Waals surface area (Å²) in [5.41, 5.74) is 6.58. The number of fused-ring (bicyclic) bond motifs is 1. The molecule has 6 nitrogen and oxygen atoms in total. The molecular weight excluding hydrogens is 412 g/mol. The quantitative estimate of drug-likeness (QED) is 0.428. The summed E-state index contributed by atoms with van der Waals surface area (Å²) in [5.74, 6) is 0.434. The van der Waals surface area contributed by atoms with Crippen LogP contribution in [0.5, 0.6) is 0 Å². The minimum atomic E-state index is -0.349. The third-order valence-corrected chi connectivity index (χ3v) is 5.82. The van der Waals surface area contributed by atoms with Crippen molar-refractivity contribution in [2.24, 2.45) is 0 Å². The summed E-state index contributed by atoms with van der Waals surface area (Å²) in [4.78, 5) is 28.5. The van der Waals surface area contributed by atoms with Crippen molar-refractivity contribution in [2.45, 2.75) is 19.5 Å². The fourth-order valence-electron chi connectivity index (χ4n) is 4.12. The molecule has 0 radical (unpaired) electrons. The molecule has 2 aromatic heterocycles. The Hall–Kier alpha value is -3.90. The first-order chi connectivity index (χ1) is 16.2. The zero-order valence-corrected chi connectivity index (χ0v) is 18.4. The number of aromatic nitrogens is 3. The zero-order valence-electron chi connectivity index (χ0n) is 18.4. The highest BCUT2D eigenvalue weighted by Gasteiger charge is 2.19. The van der Waals surface area contributed by atoms with Crippen molar-refractivity contribution in [1.29, 1.82) is 0 Å². The predicted octanol–water partition coefficient (Wildman–Crippen LogP) is 4.55. The molecule has 0 spiro atoms. The van der Waals surface area contributed by atoms with Gasteiger partial charge in [0.25, 0.3) is 0 Å². The van der Waals surface area contributed by atoms with Gasteiger partial charge in [-0.15, -0.1) is 0 Å². The summed E-state index contributed by atoms with van der Waals surface area (Å²) >= 11 is 0. The third-order valence-electron chi connectivity index (χ3n) is 5.82. The van der Waals surface area contributed by atoms with Crippen LogP contribution < -0.4 is 0 Å². The molecule has 0 atom stereocenters. The molecule has 0 unspecified atom stereocenters. The van der Waals surface area contributed by atoms with Gasteiger partial charge in [-0.1, -0.05) is 48.5 Å². The Balaban J connectivity index is 1.31. The number of ether oxygens (including phenoxy) is 1. The number of hydrogen-bond donors (Lipinski definition) is 0. The number of esters is 1. The molecule has 0 bridgehead atoms. The Morgan fingerprint density at radius 2 is 1.79 bits per heavy atom.